The van der Waals surface area contributed by atoms with Crippen molar-refractivity contribution in [2.45, 2.75) is 33.2 Å². The van der Waals surface area contributed by atoms with Gasteiger partial charge in [0.05, 0.1) is 22.2 Å². The second-order valence-electron chi connectivity index (χ2n) is 6.92. The molecule has 1 fully saturated rings. The van der Waals surface area contributed by atoms with Crippen LogP contribution in [0.25, 0.3) is 0 Å². The van der Waals surface area contributed by atoms with Gasteiger partial charge in [-0.15, -0.1) is 0 Å². The molecule has 140 valence electrons. The SMILES string of the molecule is Cc1cc(C)c(Nc2nc(C)cc(N(C)C3CCS(=O)(=O)C3)n2)c(Cl)c1. The quantitative estimate of drug-likeness (QED) is 0.856. The average molecular weight is 395 g/mol. The van der Waals surface area contributed by atoms with E-state index in [1.165, 1.54) is 0 Å². The molecule has 3 rings (SSSR count). The van der Waals surface area contributed by atoms with Gasteiger partial charge in [-0.25, -0.2) is 13.4 Å². The lowest BCUT2D eigenvalue weighted by molar-refractivity contribution is 0.600. The summed E-state index contributed by atoms with van der Waals surface area (Å²) >= 11 is 6.37. The van der Waals surface area contributed by atoms with Gasteiger partial charge in [-0.1, -0.05) is 17.7 Å². The van der Waals surface area contributed by atoms with Crippen LogP contribution >= 0.6 is 11.6 Å². The van der Waals surface area contributed by atoms with E-state index in [9.17, 15) is 8.42 Å². The highest BCUT2D eigenvalue weighted by Crippen LogP contribution is 2.30. The minimum atomic E-state index is -2.95. The van der Waals surface area contributed by atoms with Crippen LogP contribution in [0.3, 0.4) is 0 Å². The molecule has 2 aromatic rings. The number of halogens is 1. The van der Waals surface area contributed by atoms with Crippen LogP contribution in [-0.4, -0.2) is 43.0 Å². The number of aromatic nitrogens is 2. The Hall–Kier alpha value is -1.86. The first kappa shape index (κ1) is 18.9. The van der Waals surface area contributed by atoms with Crippen molar-refractivity contribution in [1.82, 2.24) is 9.97 Å². The molecule has 1 aromatic heterocycles. The molecule has 0 aliphatic carbocycles. The normalized spacial score (nSPS) is 18.7. The Morgan fingerprint density at radius 1 is 1.19 bits per heavy atom. The summed E-state index contributed by atoms with van der Waals surface area (Å²) in [6.45, 7) is 5.86. The zero-order valence-corrected chi connectivity index (χ0v) is 16.9. The van der Waals surface area contributed by atoms with Crippen molar-refractivity contribution in [3.8, 4) is 0 Å². The second-order valence-corrected chi connectivity index (χ2v) is 9.56. The van der Waals surface area contributed by atoms with Gasteiger partial charge >= 0.3 is 0 Å². The molecule has 1 aromatic carbocycles. The average Bonchev–Trinajstić information content (AvgIpc) is 2.89. The molecule has 1 aliphatic rings. The van der Waals surface area contributed by atoms with Gasteiger partial charge in [0, 0.05) is 24.8 Å². The van der Waals surface area contributed by atoms with Gasteiger partial charge in [0.15, 0.2) is 9.84 Å². The number of sulfone groups is 1. The van der Waals surface area contributed by atoms with Crippen LogP contribution in [0.5, 0.6) is 0 Å². The van der Waals surface area contributed by atoms with E-state index in [4.69, 9.17) is 11.6 Å². The third-order valence-electron chi connectivity index (χ3n) is 4.63. The minimum Gasteiger partial charge on any atom is -0.355 e. The van der Waals surface area contributed by atoms with Crippen LogP contribution in [0.15, 0.2) is 18.2 Å². The van der Waals surface area contributed by atoms with Crippen molar-refractivity contribution in [3.05, 3.63) is 40.0 Å². The van der Waals surface area contributed by atoms with Gasteiger partial charge in [0.1, 0.15) is 5.82 Å². The summed E-state index contributed by atoms with van der Waals surface area (Å²) in [7, 11) is -1.07. The standard InChI is InChI=1S/C18H23ClN4O2S/c1-11-7-12(2)17(15(19)8-11)22-18-20-13(3)9-16(21-18)23(4)14-5-6-26(24,25)10-14/h7-9,14H,5-6,10H2,1-4H3,(H,20,21,22). The molecule has 1 atom stereocenters. The van der Waals surface area contributed by atoms with Crippen molar-refractivity contribution in [1.29, 1.82) is 0 Å². The van der Waals surface area contributed by atoms with E-state index in [1.54, 1.807) is 0 Å². The first-order chi connectivity index (χ1) is 12.1. The molecule has 0 saturated carbocycles. The summed E-state index contributed by atoms with van der Waals surface area (Å²) in [6, 6.07) is 5.73. The monoisotopic (exact) mass is 394 g/mol. The molecule has 0 amide bonds. The number of benzene rings is 1. The van der Waals surface area contributed by atoms with E-state index in [-0.39, 0.29) is 17.5 Å². The zero-order chi connectivity index (χ0) is 19.1. The van der Waals surface area contributed by atoms with Gasteiger partial charge in [0.25, 0.3) is 0 Å². The Kier molecular flexibility index (Phi) is 5.12. The minimum absolute atomic E-state index is 0.0631. The fourth-order valence-corrected chi connectivity index (χ4v) is 5.39. The third-order valence-corrected chi connectivity index (χ3v) is 6.68. The number of rotatable bonds is 4. The Balaban J connectivity index is 1.89. The lowest BCUT2D eigenvalue weighted by Gasteiger charge is -2.25. The molecule has 1 aliphatic heterocycles. The summed E-state index contributed by atoms with van der Waals surface area (Å²) in [5, 5.41) is 3.83. The fraction of sp³-hybridized carbons (Fsp3) is 0.444. The summed E-state index contributed by atoms with van der Waals surface area (Å²) < 4.78 is 23.5. The molecule has 0 bridgehead atoms. The van der Waals surface area contributed by atoms with Crippen LogP contribution in [0.4, 0.5) is 17.5 Å². The van der Waals surface area contributed by atoms with E-state index in [1.807, 2.05) is 50.9 Å². The summed E-state index contributed by atoms with van der Waals surface area (Å²) in [5.74, 6) is 1.54. The largest absolute Gasteiger partial charge is 0.355 e. The summed E-state index contributed by atoms with van der Waals surface area (Å²) in [4.78, 5) is 10.9. The smallest absolute Gasteiger partial charge is 0.229 e. The molecule has 0 radical (unpaired) electrons. The number of aryl methyl sites for hydroxylation is 3. The molecule has 0 spiro atoms. The van der Waals surface area contributed by atoms with E-state index in [0.717, 1.165) is 22.5 Å². The molecule has 26 heavy (non-hydrogen) atoms. The van der Waals surface area contributed by atoms with Gasteiger partial charge in [-0.05, 0) is 44.4 Å². The van der Waals surface area contributed by atoms with Crippen molar-refractivity contribution in [2.75, 3.05) is 28.8 Å². The highest BCUT2D eigenvalue weighted by atomic mass is 35.5. The molecule has 1 saturated heterocycles. The molecule has 2 heterocycles. The zero-order valence-electron chi connectivity index (χ0n) is 15.4. The molecule has 8 heteroatoms. The van der Waals surface area contributed by atoms with Gasteiger partial charge in [-0.3, -0.25) is 0 Å². The van der Waals surface area contributed by atoms with E-state index >= 15 is 0 Å². The molecular weight excluding hydrogens is 372 g/mol. The Morgan fingerprint density at radius 3 is 2.54 bits per heavy atom. The van der Waals surface area contributed by atoms with E-state index < -0.39 is 9.84 Å². The third kappa shape index (κ3) is 4.10. The van der Waals surface area contributed by atoms with Gasteiger partial charge in [0.2, 0.25) is 5.95 Å². The lowest BCUT2D eigenvalue weighted by Crippen LogP contribution is -2.33. The highest BCUT2D eigenvalue weighted by molar-refractivity contribution is 7.91. The number of hydrogen-bond donors (Lipinski definition) is 1. The second kappa shape index (κ2) is 7.04. The van der Waals surface area contributed by atoms with Crippen molar-refractivity contribution >= 4 is 38.9 Å². The molecule has 1 N–H and O–H groups in total. The van der Waals surface area contributed by atoms with Gasteiger partial charge < -0.3 is 10.2 Å². The van der Waals surface area contributed by atoms with E-state index in [0.29, 0.717) is 23.2 Å². The Bertz CT molecular complexity index is 923. The lowest BCUT2D eigenvalue weighted by atomic mass is 10.1. The molecule has 1 unspecified atom stereocenters. The molecular formula is C18H23ClN4O2S. The maximum Gasteiger partial charge on any atom is 0.229 e. The van der Waals surface area contributed by atoms with Crippen LogP contribution in [-0.2, 0) is 9.84 Å². The number of nitrogens with zero attached hydrogens (tertiary/aromatic N) is 3. The van der Waals surface area contributed by atoms with Crippen LogP contribution in [0.2, 0.25) is 5.02 Å². The Morgan fingerprint density at radius 2 is 1.92 bits per heavy atom. The highest BCUT2D eigenvalue weighted by Gasteiger charge is 2.31. The maximum absolute atomic E-state index is 11.8. The predicted octanol–water partition coefficient (Wildman–Crippen LogP) is 3.42. The summed E-state index contributed by atoms with van der Waals surface area (Å²) in [5.41, 5.74) is 3.67. The number of hydrogen-bond acceptors (Lipinski definition) is 6. The first-order valence-corrected chi connectivity index (χ1v) is 10.7. The summed E-state index contributed by atoms with van der Waals surface area (Å²) in [6.07, 6.45) is 0.619. The number of nitrogens with one attached hydrogen (secondary N) is 1. The maximum atomic E-state index is 11.8. The predicted molar refractivity (Wildman–Crippen MR) is 106 cm³/mol. The fourth-order valence-electron chi connectivity index (χ4n) is 3.24. The van der Waals surface area contributed by atoms with Crippen LogP contribution in [0.1, 0.15) is 23.2 Å². The van der Waals surface area contributed by atoms with Crippen molar-refractivity contribution in [3.63, 3.8) is 0 Å². The Labute approximate surface area is 159 Å². The van der Waals surface area contributed by atoms with Crippen molar-refractivity contribution in [2.24, 2.45) is 0 Å². The molecule has 6 nitrogen and oxygen atoms in total. The first-order valence-electron chi connectivity index (χ1n) is 8.47. The number of anilines is 3. The van der Waals surface area contributed by atoms with Crippen LogP contribution < -0.4 is 10.2 Å². The van der Waals surface area contributed by atoms with Gasteiger partial charge in [-0.2, -0.15) is 4.98 Å². The van der Waals surface area contributed by atoms with Crippen molar-refractivity contribution < 1.29 is 8.42 Å². The van der Waals surface area contributed by atoms with Crippen LogP contribution in [0, 0.1) is 20.8 Å². The van der Waals surface area contributed by atoms with E-state index in [2.05, 4.69) is 15.3 Å². The topological polar surface area (TPSA) is 75.2 Å².